The molecular formula is C7H18CaO4. The molecule has 0 fully saturated rings. The van der Waals surface area contributed by atoms with Gasteiger partial charge in [0, 0.05) is 7.11 Å². The molecule has 72 valence electrons. The van der Waals surface area contributed by atoms with E-state index in [1.807, 2.05) is 0 Å². The maximum atomic E-state index is 8.32. The van der Waals surface area contributed by atoms with E-state index in [0.29, 0.717) is 33.0 Å². The van der Waals surface area contributed by atoms with Crippen LogP contribution in [0.2, 0.25) is 0 Å². The van der Waals surface area contributed by atoms with Gasteiger partial charge < -0.3 is 22.2 Å². The molecule has 5 heteroatoms. The van der Waals surface area contributed by atoms with Crippen molar-refractivity contribution >= 4 is 37.7 Å². The van der Waals surface area contributed by atoms with Crippen molar-refractivity contribution in [3.8, 4) is 0 Å². The molecule has 12 heavy (non-hydrogen) atoms. The Kier molecular flexibility index (Phi) is 19.0. The Bertz CT molecular complexity index is 72.7. The van der Waals surface area contributed by atoms with Crippen LogP contribution in [-0.4, -0.2) is 89.6 Å². The fourth-order valence-corrected chi connectivity index (χ4v) is 0.529. The summed E-state index contributed by atoms with van der Waals surface area (Å²) in [4.78, 5) is 0. The minimum Gasteiger partial charge on any atom is -1.00 e. The second-order valence-corrected chi connectivity index (χ2v) is 1.94. The molecule has 0 atom stereocenters. The first kappa shape index (κ1) is 15.6. The van der Waals surface area contributed by atoms with Crippen LogP contribution in [0.5, 0.6) is 0 Å². The maximum absolute atomic E-state index is 8.32. The number of rotatable bonds is 8. The Morgan fingerprint density at radius 1 is 1.00 bits per heavy atom. The van der Waals surface area contributed by atoms with Crippen molar-refractivity contribution in [2.24, 2.45) is 0 Å². The summed E-state index contributed by atoms with van der Waals surface area (Å²) in [5.41, 5.74) is 0. The van der Waals surface area contributed by atoms with Gasteiger partial charge in [0.05, 0.1) is 39.6 Å². The fourth-order valence-electron chi connectivity index (χ4n) is 0.529. The zero-order valence-corrected chi connectivity index (χ0v) is 9.83. The molecule has 0 saturated heterocycles. The molecule has 0 aromatic carbocycles. The van der Waals surface area contributed by atoms with Gasteiger partial charge in [-0.25, -0.2) is 0 Å². The van der Waals surface area contributed by atoms with E-state index in [2.05, 4.69) is 0 Å². The van der Waals surface area contributed by atoms with Crippen LogP contribution in [-0.2, 0) is 14.2 Å². The molecule has 1 N–H and O–H groups in total. The van der Waals surface area contributed by atoms with E-state index in [-0.39, 0.29) is 47.2 Å². The molecule has 0 bridgehead atoms. The molecule has 0 heterocycles. The summed E-state index contributed by atoms with van der Waals surface area (Å²) in [6, 6.07) is 0. The molecule has 0 aliphatic heterocycles. The number of aliphatic hydroxyl groups is 1. The van der Waals surface area contributed by atoms with Crippen LogP contribution in [0.4, 0.5) is 0 Å². The van der Waals surface area contributed by atoms with Crippen LogP contribution < -0.4 is 0 Å². The van der Waals surface area contributed by atoms with E-state index in [0.717, 1.165) is 0 Å². The molecule has 4 nitrogen and oxygen atoms in total. The van der Waals surface area contributed by atoms with Crippen LogP contribution >= 0.6 is 0 Å². The van der Waals surface area contributed by atoms with Crippen molar-refractivity contribution in [2.75, 3.05) is 46.8 Å². The van der Waals surface area contributed by atoms with Gasteiger partial charge in [0.25, 0.3) is 0 Å². The second-order valence-electron chi connectivity index (χ2n) is 1.94. The van der Waals surface area contributed by atoms with Gasteiger partial charge in [0.15, 0.2) is 0 Å². The van der Waals surface area contributed by atoms with E-state index in [9.17, 15) is 0 Å². The molecule has 0 amide bonds. The SMILES string of the molecule is COCCOCCOCCO.[Ca+2].[H-].[H-]. The Labute approximate surface area is 106 Å². The summed E-state index contributed by atoms with van der Waals surface area (Å²) in [6.07, 6.45) is 0. The summed E-state index contributed by atoms with van der Waals surface area (Å²) in [6.45, 7) is 2.75. The van der Waals surface area contributed by atoms with Crippen molar-refractivity contribution in [2.45, 2.75) is 0 Å². The van der Waals surface area contributed by atoms with Crippen LogP contribution in [0.1, 0.15) is 2.85 Å². The zero-order chi connectivity index (χ0) is 8.36. The van der Waals surface area contributed by atoms with Crippen LogP contribution in [0.25, 0.3) is 0 Å². The van der Waals surface area contributed by atoms with Gasteiger partial charge in [0.1, 0.15) is 0 Å². The molecular weight excluding hydrogens is 188 g/mol. The van der Waals surface area contributed by atoms with Crippen LogP contribution in [0, 0.1) is 0 Å². The Morgan fingerprint density at radius 3 is 2.00 bits per heavy atom. The molecule has 0 unspecified atom stereocenters. The predicted octanol–water partition coefficient (Wildman–Crippen LogP) is -0.498. The van der Waals surface area contributed by atoms with Crippen LogP contribution in [0.15, 0.2) is 0 Å². The first-order chi connectivity index (χ1) is 5.41. The van der Waals surface area contributed by atoms with Crippen molar-refractivity contribution in [3.63, 3.8) is 0 Å². The summed E-state index contributed by atoms with van der Waals surface area (Å²) in [5.74, 6) is 0. The standard InChI is InChI=1S/C7H16O4.Ca.2H/c1-9-4-5-11-7-6-10-3-2-8;;;/h8H,2-7H2,1H3;;;/q;+2;2*-1. The third-order valence-corrected chi connectivity index (χ3v) is 1.04. The largest absolute Gasteiger partial charge is 2.00 e. The minimum absolute atomic E-state index is 0. The van der Waals surface area contributed by atoms with Crippen molar-refractivity contribution in [3.05, 3.63) is 0 Å². The second kappa shape index (κ2) is 14.6. The normalized spacial score (nSPS) is 9.50. The number of methoxy groups -OCH3 is 1. The monoisotopic (exact) mass is 206 g/mol. The molecule has 0 aromatic heterocycles. The van der Waals surface area contributed by atoms with Gasteiger partial charge in [-0.1, -0.05) is 0 Å². The van der Waals surface area contributed by atoms with E-state index in [1.54, 1.807) is 7.11 Å². The topological polar surface area (TPSA) is 47.9 Å². The van der Waals surface area contributed by atoms with Gasteiger partial charge in [-0.15, -0.1) is 0 Å². The van der Waals surface area contributed by atoms with E-state index >= 15 is 0 Å². The molecule has 0 aromatic rings. The number of hydrogen-bond acceptors (Lipinski definition) is 4. The summed E-state index contributed by atoms with van der Waals surface area (Å²) >= 11 is 0. The smallest absolute Gasteiger partial charge is 1.00 e. The molecule has 0 saturated carbocycles. The quantitative estimate of drug-likeness (QED) is 0.430. The molecule has 0 aliphatic rings. The number of hydrogen-bond donors (Lipinski definition) is 1. The van der Waals surface area contributed by atoms with Gasteiger partial charge >= 0.3 is 37.7 Å². The third-order valence-electron chi connectivity index (χ3n) is 1.04. The number of aliphatic hydroxyl groups excluding tert-OH is 1. The first-order valence-corrected chi connectivity index (χ1v) is 3.67. The predicted molar refractivity (Wildman–Crippen MR) is 48.6 cm³/mol. The van der Waals surface area contributed by atoms with Crippen LogP contribution in [0.3, 0.4) is 0 Å². The Balaban J connectivity index is -0.000000167. The molecule has 0 rings (SSSR count). The molecule has 0 spiro atoms. The van der Waals surface area contributed by atoms with Gasteiger partial charge in [-0.2, -0.15) is 0 Å². The van der Waals surface area contributed by atoms with E-state index in [4.69, 9.17) is 19.3 Å². The van der Waals surface area contributed by atoms with Crippen molar-refractivity contribution in [1.82, 2.24) is 0 Å². The molecule has 0 radical (unpaired) electrons. The van der Waals surface area contributed by atoms with Crippen molar-refractivity contribution in [1.29, 1.82) is 0 Å². The summed E-state index contributed by atoms with van der Waals surface area (Å²) < 4.78 is 14.8. The zero-order valence-electron chi connectivity index (χ0n) is 9.62. The first-order valence-electron chi connectivity index (χ1n) is 3.67. The van der Waals surface area contributed by atoms with Gasteiger partial charge in [-0.05, 0) is 0 Å². The maximum Gasteiger partial charge on any atom is 2.00 e. The van der Waals surface area contributed by atoms with Crippen molar-refractivity contribution < 1.29 is 22.2 Å². The van der Waals surface area contributed by atoms with Gasteiger partial charge in [-0.3, -0.25) is 0 Å². The number of ether oxygens (including phenoxy) is 3. The minimum atomic E-state index is 0. The van der Waals surface area contributed by atoms with Gasteiger partial charge in [0.2, 0.25) is 0 Å². The van der Waals surface area contributed by atoms with E-state index in [1.165, 1.54) is 0 Å². The molecule has 0 aliphatic carbocycles. The fraction of sp³-hybridized carbons (Fsp3) is 1.00. The average Bonchev–Trinajstić information content (AvgIpc) is 2.03. The summed E-state index contributed by atoms with van der Waals surface area (Å²) in [5, 5.41) is 8.32. The Hall–Kier alpha value is 1.10. The average molecular weight is 206 g/mol. The Morgan fingerprint density at radius 2 is 1.50 bits per heavy atom. The third kappa shape index (κ3) is 13.7. The summed E-state index contributed by atoms with van der Waals surface area (Å²) in [7, 11) is 1.63. The van der Waals surface area contributed by atoms with E-state index < -0.39 is 0 Å².